The zero-order valence-corrected chi connectivity index (χ0v) is 12.3. The van der Waals surface area contributed by atoms with Crippen molar-refractivity contribution >= 4 is 15.9 Å². The molecule has 2 nitrogen and oxygen atoms in total. The van der Waals surface area contributed by atoms with E-state index < -0.39 is 23.2 Å². The molecule has 0 fully saturated rings. The second kappa shape index (κ2) is 6.64. The van der Waals surface area contributed by atoms with Crippen LogP contribution >= 0.6 is 15.9 Å². The SMILES string of the molecule is N#Cc1ccc(F)cc1COc1c(F)cc(CBr)cc1F. The van der Waals surface area contributed by atoms with Crippen LogP contribution in [0, 0.1) is 28.8 Å². The smallest absolute Gasteiger partial charge is 0.191 e. The Morgan fingerprint density at radius 2 is 1.76 bits per heavy atom. The van der Waals surface area contributed by atoms with Gasteiger partial charge in [0.1, 0.15) is 12.4 Å². The third-order valence-corrected chi connectivity index (χ3v) is 3.42. The summed E-state index contributed by atoms with van der Waals surface area (Å²) in [5.41, 5.74) is 0.844. The van der Waals surface area contributed by atoms with Gasteiger partial charge in [-0.1, -0.05) is 15.9 Å². The van der Waals surface area contributed by atoms with E-state index in [1.165, 1.54) is 6.07 Å². The summed E-state index contributed by atoms with van der Waals surface area (Å²) >= 11 is 3.10. The standard InChI is InChI=1S/C15H9BrF3NO/c16-6-9-3-13(18)15(14(19)4-9)21-8-11-5-12(17)2-1-10(11)7-20/h1-5H,6,8H2. The largest absolute Gasteiger partial charge is 0.483 e. The van der Waals surface area contributed by atoms with E-state index in [1.807, 2.05) is 6.07 Å². The number of nitrogens with zero attached hydrogens (tertiary/aromatic N) is 1. The van der Waals surface area contributed by atoms with Crippen LogP contribution in [0.3, 0.4) is 0 Å². The second-order valence-corrected chi connectivity index (χ2v) is 4.78. The van der Waals surface area contributed by atoms with Crippen molar-refractivity contribution in [2.75, 3.05) is 0 Å². The van der Waals surface area contributed by atoms with Crippen LogP contribution in [-0.2, 0) is 11.9 Å². The van der Waals surface area contributed by atoms with Crippen LogP contribution < -0.4 is 4.74 Å². The molecule has 2 aromatic carbocycles. The zero-order valence-electron chi connectivity index (χ0n) is 10.7. The first-order valence-electron chi connectivity index (χ1n) is 5.90. The molecule has 21 heavy (non-hydrogen) atoms. The van der Waals surface area contributed by atoms with Crippen molar-refractivity contribution in [3.8, 4) is 11.8 Å². The molecule has 0 amide bonds. The lowest BCUT2D eigenvalue weighted by atomic mass is 10.1. The van der Waals surface area contributed by atoms with Crippen molar-refractivity contribution < 1.29 is 17.9 Å². The van der Waals surface area contributed by atoms with Gasteiger partial charge in [-0.05, 0) is 35.9 Å². The van der Waals surface area contributed by atoms with Crippen LogP contribution in [0.4, 0.5) is 13.2 Å². The van der Waals surface area contributed by atoms with Crippen LogP contribution in [0.25, 0.3) is 0 Å². The molecule has 0 N–H and O–H groups in total. The molecule has 0 unspecified atom stereocenters. The fourth-order valence-corrected chi connectivity index (χ4v) is 2.09. The maximum Gasteiger partial charge on any atom is 0.191 e. The van der Waals surface area contributed by atoms with Crippen molar-refractivity contribution in [1.29, 1.82) is 5.26 Å². The molecule has 108 valence electrons. The fourth-order valence-electron chi connectivity index (χ4n) is 1.77. The summed E-state index contributed by atoms with van der Waals surface area (Å²) in [5, 5.41) is 9.21. The lowest BCUT2D eigenvalue weighted by molar-refractivity contribution is 0.273. The Kier molecular flexibility index (Phi) is 4.86. The third kappa shape index (κ3) is 3.56. The molecule has 0 aromatic heterocycles. The van der Waals surface area contributed by atoms with Crippen molar-refractivity contribution in [2.45, 2.75) is 11.9 Å². The van der Waals surface area contributed by atoms with E-state index >= 15 is 0 Å². The highest BCUT2D eigenvalue weighted by molar-refractivity contribution is 9.08. The monoisotopic (exact) mass is 355 g/mol. The summed E-state index contributed by atoms with van der Waals surface area (Å²) in [4.78, 5) is 0. The minimum atomic E-state index is -0.848. The Bertz CT molecular complexity index is 690. The van der Waals surface area contributed by atoms with Crippen LogP contribution in [0.1, 0.15) is 16.7 Å². The number of halogens is 4. The maximum absolute atomic E-state index is 13.7. The molecule has 0 aliphatic heterocycles. The molecule has 0 saturated carbocycles. The molecule has 6 heteroatoms. The van der Waals surface area contributed by atoms with Gasteiger partial charge in [-0.25, -0.2) is 13.2 Å². The van der Waals surface area contributed by atoms with Crippen molar-refractivity contribution in [3.05, 3.63) is 64.5 Å². The Morgan fingerprint density at radius 1 is 1.10 bits per heavy atom. The van der Waals surface area contributed by atoms with Crippen molar-refractivity contribution in [3.63, 3.8) is 0 Å². The maximum atomic E-state index is 13.7. The van der Waals surface area contributed by atoms with Crippen LogP contribution in [-0.4, -0.2) is 0 Å². The van der Waals surface area contributed by atoms with Crippen molar-refractivity contribution in [2.24, 2.45) is 0 Å². The van der Waals surface area contributed by atoms with Crippen molar-refractivity contribution in [1.82, 2.24) is 0 Å². The van der Waals surface area contributed by atoms with Gasteiger partial charge in [0.25, 0.3) is 0 Å². The summed E-state index contributed by atoms with van der Waals surface area (Å²) < 4.78 is 45.7. The Morgan fingerprint density at radius 3 is 2.33 bits per heavy atom. The number of benzene rings is 2. The molecular weight excluding hydrogens is 347 g/mol. The second-order valence-electron chi connectivity index (χ2n) is 4.22. The average Bonchev–Trinajstić information content (AvgIpc) is 2.46. The minimum Gasteiger partial charge on any atom is -0.483 e. The zero-order chi connectivity index (χ0) is 15.4. The van der Waals surface area contributed by atoms with Gasteiger partial charge in [-0.3, -0.25) is 0 Å². The van der Waals surface area contributed by atoms with Crippen LogP contribution in [0.15, 0.2) is 30.3 Å². The van der Waals surface area contributed by atoms with E-state index in [9.17, 15) is 13.2 Å². The van der Waals surface area contributed by atoms with E-state index in [4.69, 9.17) is 10.00 Å². The molecule has 0 spiro atoms. The average molecular weight is 356 g/mol. The van der Waals surface area contributed by atoms with Gasteiger partial charge >= 0.3 is 0 Å². The predicted molar refractivity (Wildman–Crippen MR) is 74.4 cm³/mol. The van der Waals surface area contributed by atoms with Gasteiger partial charge in [0, 0.05) is 10.9 Å². The first-order valence-corrected chi connectivity index (χ1v) is 7.02. The molecule has 0 heterocycles. The van der Waals surface area contributed by atoms with E-state index in [0.29, 0.717) is 10.9 Å². The summed E-state index contributed by atoms with van der Waals surface area (Å²) in [6.45, 7) is -0.303. The first kappa shape index (κ1) is 15.4. The molecule has 0 aliphatic carbocycles. The lowest BCUT2D eigenvalue weighted by Crippen LogP contribution is -2.03. The van der Waals surface area contributed by atoms with Gasteiger partial charge in [-0.15, -0.1) is 0 Å². The summed E-state index contributed by atoms with van der Waals surface area (Å²) in [5.74, 6) is -2.80. The first-order chi connectivity index (χ1) is 10.0. The highest BCUT2D eigenvalue weighted by Crippen LogP contribution is 2.25. The highest BCUT2D eigenvalue weighted by atomic mass is 79.9. The quantitative estimate of drug-likeness (QED) is 0.759. The highest BCUT2D eigenvalue weighted by Gasteiger charge is 2.14. The van der Waals surface area contributed by atoms with Gasteiger partial charge in [0.2, 0.25) is 0 Å². The number of rotatable bonds is 4. The van der Waals surface area contributed by atoms with E-state index in [1.54, 1.807) is 0 Å². The van der Waals surface area contributed by atoms with Gasteiger partial charge in [-0.2, -0.15) is 5.26 Å². The Balaban J connectivity index is 2.25. The minimum absolute atomic E-state index is 0.189. The predicted octanol–water partition coefficient (Wildman–Crippen LogP) is 4.45. The molecule has 0 bridgehead atoms. The van der Waals surface area contributed by atoms with Crippen LogP contribution in [0.2, 0.25) is 0 Å². The summed E-state index contributed by atoms with van der Waals surface area (Å²) in [6.07, 6.45) is 0. The molecule has 0 aliphatic rings. The van der Waals surface area contributed by atoms with Gasteiger partial charge in [0.15, 0.2) is 17.4 Å². The summed E-state index contributed by atoms with van der Waals surface area (Å²) in [7, 11) is 0. The molecule has 0 radical (unpaired) electrons. The topological polar surface area (TPSA) is 33.0 Å². The third-order valence-electron chi connectivity index (χ3n) is 2.77. The van der Waals surface area contributed by atoms with E-state index in [-0.39, 0.29) is 17.7 Å². The molecule has 2 rings (SSSR count). The Hall–Kier alpha value is -2.00. The molecular formula is C15H9BrF3NO. The summed E-state index contributed by atoms with van der Waals surface area (Å²) in [6, 6.07) is 7.67. The molecule has 0 atom stereocenters. The van der Waals surface area contributed by atoms with E-state index in [0.717, 1.165) is 24.3 Å². The number of nitriles is 1. The number of alkyl halides is 1. The Labute approximate surface area is 127 Å². The molecule has 2 aromatic rings. The number of hydrogen-bond acceptors (Lipinski definition) is 2. The normalized spacial score (nSPS) is 10.2. The lowest BCUT2D eigenvalue weighted by Gasteiger charge is -2.10. The molecule has 0 saturated heterocycles. The fraction of sp³-hybridized carbons (Fsp3) is 0.133. The van der Waals surface area contributed by atoms with E-state index in [2.05, 4.69) is 15.9 Å². The number of ether oxygens (including phenoxy) is 1. The number of hydrogen-bond donors (Lipinski definition) is 0. The van der Waals surface area contributed by atoms with Crippen LogP contribution in [0.5, 0.6) is 5.75 Å². The van der Waals surface area contributed by atoms with Gasteiger partial charge < -0.3 is 4.74 Å². The van der Waals surface area contributed by atoms with Gasteiger partial charge in [0.05, 0.1) is 11.6 Å².